The molecule has 0 unspecified atom stereocenters. The monoisotopic (exact) mass is 323 g/mol. The van der Waals surface area contributed by atoms with Gasteiger partial charge in [0.05, 0.1) is 13.0 Å². The third-order valence-electron chi connectivity index (χ3n) is 3.74. The van der Waals surface area contributed by atoms with Crippen LogP contribution in [-0.4, -0.2) is 35.5 Å². The number of rotatable bonds is 3. The van der Waals surface area contributed by atoms with Gasteiger partial charge >= 0.3 is 5.97 Å². The SMILES string of the molecule is COC(=O)[C@@H]1CN(c2ncns2)C[C@H]1c1ccc(Cl)cc1. The molecule has 0 N–H and O–H groups in total. The van der Waals surface area contributed by atoms with E-state index in [0.29, 0.717) is 11.6 Å². The lowest BCUT2D eigenvalue weighted by Gasteiger charge is -2.16. The van der Waals surface area contributed by atoms with Crippen LogP contribution >= 0.6 is 23.1 Å². The number of hydrogen-bond acceptors (Lipinski definition) is 6. The molecule has 1 saturated heterocycles. The van der Waals surface area contributed by atoms with E-state index in [2.05, 4.69) is 14.3 Å². The summed E-state index contributed by atoms with van der Waals surface area (Å²) in [5, 5.41) is 1.52. The van der Waals surface area contributed by atoms with Crippen molar-refractivity contribution in [2.45, 2.75) is 5.92 Å². The molecular weight excluding hydrogens is 310 g/mol. The summed E-state index contributed by atoms with van der Waals surface area (Å²) in [7, 11) is 1.43. The molecule has 110 valence electrons. The van der Waals surface area contributed by atoms with Crippen molar-refractivity contribution in [3.63, 3.8) is 0 Å². The average molecular weight is 324 g/mol. The molecule has 7 heteroatoms. The highest BCUT2D eigenvalue weighted by Gasteiger charge is 2.40. The summed E-state index contributed by atoms with van der Waals surface area (Å²) in [5.74, 6) is -0.333. The number of hydrogen-bond donors (Lipinski definition) is 0. The summed E-state index contributed by atoms with van der Waals surface area (Å²) in [6.07, 6.45) is 1.53. The second-order valence-electron chi connectivity index (χ2n) is 4.92. The Hall–Kier alpha value is -1.66. The van der Waals surface area contributed by atoms with Gasteiger partial charge in [-0.25, -0.2) is 4.98 Å². The molecule has 0 amide bonds. The van der Waals surface area contributed by atoms with Gasteiger partial charge < -0.3 is 9.64 Å². The fraction of sp³-hybridized carbons (Fsp3) is 0.357. The maximum Gasteiger partial charge on any atom is 0.311 e. The van der Waals surface area contributed by atoms with E-state index in [0.717, 1.165) is 17.2 Å². The van der Waals surface area contributed by atoms with E-state index in [1.165, 1.54) is 25.0 Å². The standard InChI is InChI=1S/C14H14ClN3O2S/c1-20-13(19)12-7-18(14-16-8-17-21-14)6-11(12)9-2-4-10(15)5-3-9/h2-5,8,11-12H,6-7H2,1H3/t11-,12+/m0/s1. The largest absolute Gasteiger partial charge is 0.469 e. The maximum absolute atomic E-state index is 12.1. The van der Waals surface area contributed by atoms with E-state index in [9.17, 15) is 4.79 Å². The fourth-order valence-electron chi connectivity index (χ4n) is 2.70. The van der Waals surface area contributed by atoms with Crippen LogP contribution in [0.2, 0.25) is 5.02 Å². The average Bonchev–Trinajstić information content (AvgIpc) is 3.16. The van der Waals surface area contributed by atoms with E-state index in [4.69, 9.17) is 16.3 Å². The first-order chi connectivity index (χ1) is 10.2. The Balaban J connectivity index is 1.88. The number of carbonyl (C=O) groups excluding carboxylic acids is 1. The van der Waals surface area contributed by atoms with Crippen LogP contribution in [0.4, 0.5) is 5.13 Å². The number of nitrogens with zero attached hydrogens (tertiary/aromatic N) is 3. The van der Waals surface area contributed by atoms with Gasteiger partial charge in [-0.15, -0.1) is 0 Å². The number of ether oxygens (including phenoxy) is 1. The molecule has 3 rings (SSSR count). The second-order valence-corrected chi connectivity index (χ2v) is 6.11. The zero-order chi connectivity index (χ0) is 14.8. The van der Waals surface area contributed by atoms with Crippen LogP contribution in [-0.2, 0) is 9.53 Å². The lowest BCUT2D eigenvalue weighted by molar-refractivity contribution is -0.145. The second kappa shape index (κ2) is 5.99. The number of methoxy groups -OCH3 is 1. The lowest BCUT2D eigenvalue weighted by atomic mass is 9.89. The molecule has 1 aromatic carbocycles. The molecule has 2 aromatic rings. The molecule has 1 aromatic heterocycles. The predicted molar refractivity (Wildman–Crippen MR) is 81.8 cm³/mol. The zero-order valence-electron chi connectivity index (χ0n) is 11.4. The third-order valence-corrected chi connectivity index (χ3v) is 4.72. The van der Waals surface area contributed by atoms with E-state index in [1.54, 1.807) is 0 Å². The van der Waals surface area contributed by atoms with E-state index in [1.807, 2.05) is 24.3 Å². The van der Waals surface area contributed by atoms with E-state index >= 15 is 0 Å². The number of anilines is 1. The number of aromatic nitrogens is 2. The molecule has 1 fully saturated rings. The summed E-state index contributed by atoms with van der Waals surface area (Å²) >= 11 is 7.27. The van der Waals surface area contributed by atoms with Gasteiger partial charge in [0.25, 0.3) is 0 Å². The van der Waals surface area contributed by atoms with Crippen molar-refractivity contribution in [3.05, 3.63) is 41.2 Å². The normalized spacial score (nSPS) is 21.5. The van der Waals surface area contributed by atoms with Gasteiger partial charge in [-0.1, -0.05) is 23.7 Å². The Bertz CT molecular complexity index is 618. The van der Waals surface area contributed by atoms with Crippen molar-refractivity contribution in [3.8, 4) is 0 Å². The highest BCUT2D eigenvalue weighted by atomic mass is 35.5. The molecule has 0 spiro atoms. The zero-order valence-corrected chi connectivity index (χ0v) is 13.0. The summed E-state index contributed by atoms with van der Waals surface area (Å²) in [6, 6.07) is 7.62. The van der Waals surface area contributed by atoms with Crippen molar-refractivity contribution < 1.29 is 9.53 Å². The van der Waals surface area contributed by atoms with Crippen LogP contribution in [0.3, 0.4) is 0 Å². The van der Waals surface area contributed by atoms with E-state index in [-0.39, 0.29) is 17.8 Å². The first-order valence-corrected chi connectivity index (χ1v) is 7.69. The van der Waals surface area contributed by atoms with Crippen molar-refractivity contribution in [2.75, 3.05) is 25.1 Å². The molecular formula is C14H14ClN3O2S. The van der Waals surface area contributed by atoms with Crippen LogP contribution in [0.15, 0.2) is 30.6 Å². The predicted octanol–water partition coefficient (Wildman–Crippen LogP) is 2.58. The van der Waals surface area contributed by atoms with Crippen LogP contribution in [0.25, 0.3) is 0 Å². The van der Waals surface area contributed by atoms with Gasteiger partial charge in [-0.3, -0.25) is 4.79 Å². The van der Waals surface area contributed by atoms with Gasteiger partial charge in [0, 0.05) is 35.6 Å². The molecule has 5 nitrogen and oxygen atoms in total. The number of carbonyl (C=O) groups is 1. The molecule has 0 aliphatic carbocycles. The van der Waals surface area contributed by atoms with Crippen LogP contribution in [0, 0.1) is 5.92 Å². The number of benzene rings is 1. The topological polar surface area (TPSA) is 55.3 Å². The summed E-state index contributed by atoms with van der Waals surface area (Å²) in [6.45, 7) is 1.31. The Kier molecular flexibility index (Phi) is 4.07. The summed E-state index contributed by atoms with van der Waals surface area (Å²) in [4.78, 5) is 18.4. The minimum atomic E-state index is -0.208. The Morgan fingerprint density at radius 3 is 2.76 bits per heavy atom. The smallest absolute Gasteiger partial charge is 0.311 e. The molecule has 2 atom stereocenters. The molecule has 1 aliphatic rings. The quantitative estimate of drug-likeness (QED) is 0.813. The van der Waals surface area contributed by atoms with Gasteiger partial charge in [0.1, 0.15) is 6.33 Å². The lowest BCUT2D eigenvalue weighted by Crippen LogP contribution is -2.24. The van der Waals surface area contributed by atoms with Gasteiger partial charge in [0.15, 0.2) is 0 Å². The molecule has 21 heavy (non-hydrogen) atoms. The fourth-order valence-corrected chi connectivity index (χ4v) is 3.38. The summed E-state index contributed by atoms with van der Waals surface area (Å²) < 4.78 is 8.97. The number of halogens is 1. The summed E-state index contributed by atoms with van der Waals surface area (Å²) in [5.41, 5.74) is 1.09. The highest BCUT2D eigenvalue weighted by molar-refractivity contribution is 7.09. The first-order valence-electron chi connectivity index (χ1n) is 6.54. The van der Waals surface area contributed by atoms with Gasteiger partial charge in [0.2, 0.25) is 5.13 Å². The van der Waals surface area contributed by atoms with Gasteiger partial charge in [-0.05, 0) is 17.7 Å². The first kappa shape index (κ1) is 14.3. The van der Waals surface area contributed by atoms with Crippen LogP contribution < -0.4 is 4.90 Å². The third kappa shape index (κ3) is 2.87. The van der Waals surface area contributed by atoms with Crippen molar-refractivity contribution in [2.24, 2.45) is 5.92 Å². The molecule has 0 radical (unpaired) electrons. The molecule has 2 heterocycles. The van der Waals surface area contributed by atoms with Gasteiger partial charge in [-0.2, -0.15) is 4.37 Å². The molecule has 1 aliphatic heterocycles. The van der Waals surface area contributed by atoms with Crippen molar-refractivity contribution in [1.29, 1.82) is 0 Å². The molecule has 0 saturated carbocycles. The Labute approximate surface area is 131 Å². The minimum absolute atomic E-state index is 0.0682. The van der Waals surface area contributed by atoms with Crippen molar-refractivity contribution in [1.82, 2.24) is 9.36 Å². The minimum Gasteiger partial charge on any atom is -0.469 e. The van der Waals surface area contributed by atoms with Crippen molar-refractivity contribution >= 4 is 34.2 Å². The van der Waals surface area contributed by atoms with Crippen LogP contribution in [0.1, 0.15) is 11.5 Å². The van der Waals surface area contributed by atoms with Crippen LogP contribution in [0.5, 0.6) is 0 Å². The Morgan fingerprint density at radius 1 is 1.38 bits per heavy atom. The number of esters is 1. The molecule has 0 bridgehead atoms. The maximum atomic E-state index is 12.1. The Morgan fingerprint density at radius 2 is 2.14 bits per heavy atom. The highest BCUT2D eigenvalue weighted by Crippen LogP contribution is 2.36. The van der Waals surface area contributed by atoms with E-state index < -0.39 is 0 Å².